The van der Waals surface area contributed by atoms with Crippen molar-refractivity contribution in [2.45, 2.75) is 38.7 Å². The van der Waals surface area contributed by atoms with Crippen LogP contribution in [0.2, 0.25) is 0 Å². The summed E-state index contributed by atoms with van der Waals surface area (Å²) in [4.78, 5) is 0. The van der Waals surface area contributed by atoms with Gasteiger partial charge in [0.25, 0.3) is 0 Å². The number of benzene rings is 1. The van der Waals surface area contributed by atoms with Crippen molar-refractivity contribution in [1.29, 1.82) is 0 Å². The Kier molecular flexibility index (Phi) is 2.68. The third kappa shape index (κ3) is 2.11. The number of hydrogen-bond donors (Lipinski definition) is 1. The molecule has 1 nitrogen and oxygen atoms in total. The van der Waals surface area contributed by atoms with E-state index in [1.165, 1.54) is 0 Å². The second kappa shape index (κ2) is 3.60. The Labute approximate surface area is 99.6 Å². The van der Waals surface area contributed by atoms with Gasteiger partial charge in [0, 0.05) is 4.47 Å². The molecule has 2 rings (SSSR count). The van der Waals surface area contributed by atoms with Crippen LogP contribution in [0, 0.1) is 5.41 Å². The highest BCUT2D eigenvalue weighted by Crippen LogP contribution is 2.50. The maximum atomic E-state index is 10.6. The molecule has 1 aromatic rings. The van der Waals surface area contributed by atoms with E-state index in [4.69, 9.17) is 0 Å². The first kappa shape index (κ1) is 11.2. The lowest BCUT2D eigenvalue weighted by Gasteiger charge is -2.26. The van der Waals surface area contributed by atoms with Gasteiger partial charge in [0.2, 0.25) is 0 Å². The van der Waals surface area contributed by atoms with Crippen LogP contribution >= 0.6 is 15.9 Å². The SMILES string of the molecule is CC1(C)CC[C@@](O)(c2ccccc2Br)C1. The van der Waals surface area contributed by atoms with Crippen molar-refractivity contribution in [3.05, 3.63) is 34.3 Å². The fourth-order valence-electron chi connectivity index (χ4n) is 2.58. The monoisotopic (exact) mass is 268 g/mol. The third-order valence-corrected chi connectivity index (χ3v) is 4.05. The Morgan fingerprint density at radius 3 is 2.40 bits per heavy atom. The van der Waals surface area contributed by atoms with E-state index in [1.54, 1.807) is 0 Å². The van der Waals surface area contributed by atoms with Crippen molar-refractivity contribution in [3.8, 4) is 0 Å². The topological polar surface area (TPSA) is 20.2 Å². The van der Waals surface area contributed by atoms with Crippen molar-refractivity contribution in [1.82, 2.24) is 0 Å². The first-order valence-electron chi connectivity index (χ1n) is 5.40. The van der Waals surface area contributed by atoms with Crippen molar-refractivity contribution in [2.75, 3.05) is 0 Å². The number of aliphatic hydroxyl groups is 1. The smallest absolute Gasteiger partial charge is 0.0912 e. The van der Waals surface area contributed by atoms with Gasteiger partial charge in [-0.2, -0.15) is 0 Å². The van der Waals surface area contributed by atoms with Crippen LogP contribution in [0.5, 0.6) is 0 Å². The molecule has 0 unspecified atom stereocenters. The maximum Gasteiger partial charge on any atom is 0.0912 e. The molecule has 0 saturated heterocycles. The lowest BCUT2D eigenvalue weighted by molar-refractivity contribution is 0.0331. The molecule has 1 saturated carbocycles. The van der Waals surface area contributed by atoms with Crippen LogP contribution < -0.4 is 0 Å². The highest BCUT2D eigenvalue weighted by atomic mass is 79.9. The van der Waals surface area contributed by atoms with E-state index in [-0.39, 0.29) is 5.41 Å². The predicted molar refractivity (Wildman–Crippen MR) is 65.7 cm³/mol. The third-order valence-electron chi connectivity index (χ3n) is 3.36. The van der Waals surface area contributed by atoms with Gasteiger partial charge in [-0.05, 0) is 36.3 Å². The van der Waals surface area contributed by atoms with Crippen LogP contribution in [0.25, 0.3) is 0 Å². The molecule has 15 heavy (non-hydrogen) atoms. The summed E-state index contributed by atoms with van der Waals surface area (Å²) in [6, 6.07) is 7.99. The normalized spacial score (nSPS) is 29.3. The molecule has 1 aliphatic carbocycles. The van der Waals surface area contributed by atoms with Crippen molar-refractivity contribution >= 4 is 15.9 Å². The number of hydrogen-bond acceptors (Lipinski definition) is 1. The molecule has 0 aliphatic heterocycles. The van der Waals surface area contributed by atoms with Crippen molar-refractivity contribution < 1.29 is 5.11 Å². The minimum Gasteiger partial charge on any atom is -0.385 e. The van der Waals surface area contributed by atoms with E-state index in [9.17, 15) is 5.11 Å². The zero-order valence-electron chi connectivity index (χ0n) is 9.26. The van der Waals surface area contributed by atoms with E-state index in [0.717, 1.165) is 29.3 Å². The Hall–Kier alpha value is -0.340. The second-order valence-corrected chi connectivity index (χ2v) is 6.21. The molecule has 0 spiro atoms. The van der Waals surface area contributed by atoms with E-state index in [1.807, 2.05) is 24.3 Å². The zero-order chi connectivity index (χ0) is 11.1. The van der Waals surface area contributed by atoms with Crippen molar-refractivity contribution in [3.63, 3.8) is 0 Å². The molecular formula is C13H17BrO. The largest absolute Gasteiger partial charge is 0.385 e. The van der Waals surface area contributed by atoms with Gasteiger partial charge >= 0.3 is 0 Å². The van der Waals surface area contributed by atoms with Gasteiger partial charge in [0.1, 0.15) is 0 Å². The first-order valence-corrected chi connectivity index (χ1v) is 6.20. The van der Waals surface area contributed by atoms with Gasteiger partial charge in [0.15, 0.2) is 0 Å². The summed E-state index contributed by atoms with van der Waals surface area (Å²) in [5.74, 6) is 0. The van der Waals surface area contributed by atoms with Crippen LogP contribution in [-0.2, 0) is 5.60 Å². The zero-order valence-corrected chi connectivity index (χ0v) is 10.8. The number of halogens is 1. The maximum absolute atomic E-state index is 10.6. The molecule has 2 heteroatoms. The molecular weight excluding hydrogens is 252 g/mol. The summed E-state index contributed by atoms with van der Waals surface area (Å²) in [5, 5.41) is 10.6. The minimum atomic E-state index is -0.635. The molecule has 0 bridgehead atoms. The lowest BCUT2D eigenvalue weighted by Crippen LogP contribution is -2.23. The molecule has 0 amide bonds. The summed E-state index contributed by atoms with van der Waals surface area (Å²) < 4.78 is 1.02. The van der Waals surface area contributed by atoms with Gasteiger partial charge in [-0.25, -0.2) is 0 Å². The standard InChI is InChI=1S/C13H17BrO/c1-12(2)7-8-13(15,9-12)10-5-3-4-6-11(10)14/h3-6,15H,7-9H2,1-2H3/t13-/m0/s1. The minimum absolute atomic E-state index is 0.254. The van der Waals surface area contributed by atoms with Crippen LogP contribution in [-0.4, -0.2) is 5.11 Å². The predicted octanol–water partition coefficient (Wildman–Crippen LogP) is 3.85. The van der Waals surface area contributed by atoms with Crippen LogP contribution in [0.3, 0.4) is 0 Å². The molecule has 1 aliphatic rings. The molecule has 82 valence electrons. The summed E-state index contributed by atoms with van der Waals surface area (Å²) >= 11 is 3.52. The fourth-order valence-corrected chi connectivity index (χ4v) is 3.24. The van der Waals surface area contributed by atoms with Gasteiger partial charge in [-0.15, -0.1) is 0 Å². The van der Waals surface area contributed by atoms with Crippen molar-refractivity contribution in [2.24, 2.45) is 5.41 Å². The first-order chi connectivity index (χ1) is 6.93. The molecule has 1 aromatic carbocycles. The highest BCUT2D eigenvalue weighted by molar-refractivity contribution is 9.10. The summed E-state index contributed by atoms with van der Waals surface area (Å²) in [6.45, 7) is 4.45. The molecule has 0 heterocycles. The van der Waals surface area contributed by atoms with Gasteiger partial charge < -0.3 is 5.11 Å². The summed E-state index contributed by atoms with van der Waals surface area (Å²) in [6.07, 6.45) is 2.80. The Morgan fingerprint density at radius 1 is 1.20 bits per heavy atom. The van der Waals surface area contributed by atoms with Gasteiger partial charge in [-0.3, -0.25) is 0 Å². The van der Waals surface area contributed by atoms with Crippen LogP contribution in [0.15, 0.2) is 28.7 Å². The molecule has 0 radical (unpaired) electrons. The lowest BCUT2D eigenvalue weighted by atomic mass is 9.86. The Bertz CT molecular complexity index is 373. The average Bonchev–Trinajstić information content (AvgIpc) is 2.42. The van der Waals surface area contributed by atoms with Crippen LogP contribution in [0.4, 0.5) is 0 Å². The van der Waals surface area contributed by atoms with E-state index in [0.29, 0.717) is 0 Å². The molecule has 1 N–H and O–H groups in total. The number of rotatable bonds is 1. The molecule has 1 fully saturated rings. The van der Waals surface area contributed by atoms with E-state index in [2.05, 4.69) is 29.8 Å². The summed E-state index contributed by atoms with van der Waals surface area (Å²) in [5.41, 5.74) is 0.656. The summed E-state index contributed by atoms with van der Waals surface area (Å²) in [7, 11) is 0. The van der Waals surface area contributed by atoms with Crippen LogP contribution in [0.1, 0.15) is 38.7 Å². The average molecular weight is 269 g/mol. The Morgan fingerprint density at radius 2 is 1.87 bits per heavy atom. The fraction of sp³-hybridized carbons (Fsp3) is 0.538. The van der Waals surface area contributed by atoms with Gasteiger partial charge in [0.05, 0.1) is 5.60 Å². The Balaban J connectivity index is 2.36. The highest BCUT2D eigenvalue weighted by Gasteiger charge is 2.43. The second-order valence-electron chi connectivity index (χ2n) is 5.35. The van der Waals surface area contributed by atoms with Gasteiger partial charge in [-0.1, -0.05) is 48.0 Å². The molecule has 0 aromatic heterocycles. The molecule has 1 atom stereocenters. The van der Waals surface area contributed by atoms with E-state index >= 15 is 0 Å². The quantitative estimate of drug-likeness (QED) is 0.821. The van der Waals surface area contributed by atoms with E-state index < -0.39 is 5.60 Å².